The number of benzene rings is 3. The van der Waals surface area contributed by atoms with Crippen molar-refractivity contribution in [2.24, 2.45) is 5.92 Å². The van der Waals surface area contributed by atoms with Gasteiger partial charge in [0.2, 0.25) is 5.91 Å². The second-order valence-corrected chi connectivity index (χ2v) is 8.44. The number of hydroxylamine groups is 1. The van der Waals surface area contributed by atoms with Crippen molar-refractivity contribution in [3.8, 4) is 0 Å². The van der Waals surface area contributed by atoms with Gasteiger partial charge in [-0.15, -0.1) is 0 Å². The normalized spacial score (nSPS) is 22.4. The van der Waals surface area contributed by atoms with Crippen LogP contribution in [-0.4, -0.2) is 32.0 Å². The standard InChI is InChI=1S/C26H25N3O3/c1-17-9-7-8-12-21(17)28-25(30)22-23(18-13-15-19(16-14-18)27(2)3)29(32-24(22)26(28)31)20-10-5-4-6-11-20/h4-16,22-24H,1-3H3/t22-,23-,24-/m1/s1. The Morgan fingerprint density at radius 2 is 1.47 bits per heavy atom. The second-order valence-electron chi connectivity index (χ2n) is 8.44. The molecule has 0 bridgehead atoms. The minimum Gasteiger partial charge on any atom is -0.378 e. The number of para-hydroxylation sites is 2. The molecule has 0 radical (unpaired) electrons. The van der Waals surface area contributed by atoms with Crippen molar-refractivity contribution < 1.29 is 14.4 Å². The van der Waals surface area contributed by atoms with Crippen LogP contribution in [0.1, 0.15) is 17.2 Å². The largest absolute Gasteiger partial charge is 0.378 e. The summed E-state index contributed by atoms with van der Waals surface area (Å²) in [7, 11) is 3.97. The first kappa shape index (κ1) is 20.3. The highest BCUT2D eigenvalue weighted by Gasteiger charge is 2.60. The van der Waals surface area contributed by atoms with Crippen LogP contribution in [0, 0.1) is 12.8 Å². The maximum Gasteiger partial charge on any atom is 0.266 e. The SMILES string of the molecule is Cc1ccccc1N1C(=O)[C@@H]2[C@@H](c3ccc(N(C)C)cc3)N(c3ccccc3)O[C@H]2C1=O. The van der Waals surface area contributed by atoms with Gasteiger partial charge in [-0.25, -0.2) is 9.96 Å². The first-order valence-corrected chi connectivity index (χ1v) is 10.7. The van der Waals surface area contributed by atoms with E-state index in [9.17, 15) is 9.59 Å². The third-order valence-electron chi connectivity index (χ3n) is 6.23. The number of carbonyl (C=O) groups excluding carboxylic acids is 2. The highest BCUT2D eigenvalue weighted by molar-refractivity contribution is 6.24. The van der Waals surface area contributed by atoms with Crippen LogP contribution in [0.5, 0.6) is 0 Å². The van der Waals surface area contributed by atoms with E-state index in [1.54, 1.807) is 5.06 Å². The molecule has 3 aromatic carbocycles. The zero-order valence-corrected chi connectivity index (χ0v) is 18.3. The number of aryl methyl sites for hydroxylation is 1. The van der Waals surface area contributed by atoms with Crippen molar-refractivity contribution in [1.82, 2.24) is 0 Å². The zero-order valence-electron chi connectivity index (χ0n) is 18.3. The van der Waals surface area contributed by atoms with Gasteiger partial charge in [0.25, 0.3) is 5.91 Å². The number of fused-ring (bicyclic) bond motifs is 1. The number of nitrogens with zero attached hydrogens (tertiary/aromatic N) is 3. The summed E-state index contributed by atoms with van der Waals surface area (Å²) in [6, 6.07) is 24.7. The van der Waals surface area contributed by atoms with Crippen LogP contribution in [0.3, 0.4) is 0 Å². The summed E-state index contributed by atoms with van der Waals surface area (Å²) in [4.78, 5) is 36.6. The Morgan fingerprint density at radius 3 is 2.12 bits per heavy atom. The molecule has 2 aliphatic heterocycles. The number of rotatable bonds is 4. The molecule has 2 fully saturated rings. The summed E-state index contributed by atoms with van der Waals surface area (Å²) in [6.07, 6.45) is -0.860. The van der Waals surface area contributed by atoms with E-state index in [4.69, 9.17) is 4.84 Å². The maximum atomic E-state index is 13.7. The Bertz CT molecular complexity index is 1160. The van der Waals surface area contributed by atoms with Gasteiger partial charge in [0.05, 0.1) is 17.4 Å². The fraction of sp³-hybridized carbons (Fsp3) is 0.231. The predicted molar refractivity (Wildman–Crippen MR) is 124 cm³/mol. The average Bonchev–Trinajstić information content (AvgIpc) is 3.31. The van der Waals surface area contributed by atoms with E-state index in [0.717, 1.165) is 22.5 Å². The minimum atomic E-state index is -0.860. The lowest BCUT2D eigenvalue weighted by atomic mass is 9.90. The summed E-state index contributed by atoms with van der Waals surface area (Å²) >= 11 is 0. The third-order valence-corrected chi connectivity index (χ3v) is 6.23. The fourth-order valence-corrected chi connectivity index (χ4v) is 4.57. The van der Waals surface area contributed by atoms with Gasteiger partial charge in [0.15, 0.2) is 6.10 Å². The van der Waals surface area contributed by atoms with Crippen molar-refractivity contribution >= 4 is 28.9 Å². The van der Waals surface area contributed by atoms with Gasteiger partial charge in [0, 0.05) is 19.8 Å². The van der Waals surface area contributed by atoms with Crippen molar-refractivity contribution in [2.45, 2.75) is 19.1 Å². The molecule has 6 nitrogen and oxygen atoms in total. The van der Waals surface area contributed by atoms with Crippen LogP contribution in [0.15, 0.2) is 78.9 Å². The molecule has 0 N–H and O–H groups in total. The van der Waals surface area contributed by atoms with E-state index >= 15 is 0 Å². The lowest BCUT2D eigenvalue weighted by Crippen LogP contribution is -2.37. The number of carbonyl (C=O) groups is 2. The van der Waals surface area contributed by atoms with Crippen LogP contribution in [0.25, 0.3) is 0 Å². The van der Waals surface area contributed by atoms with Crippen LogP contribution in [0.4, 0.5) is 17.1 Å². The van der Waals surface area contributed by atoms with Gasteiger partial charge < -0.3 is 4.90 Å². The molecule has 162 valence electrons. The highest BCUT2D eigenvalue weighted by atomic mass is 16.7. The van der Waals surface area contributed by atoms with Crippen LogP contribution in [0.2, 0.25) is 0 Å². The predicted octanol–water partition coefficient (Wildman–Crippen LogP) is 4.11. The summed E-state index contributed by atoms with van der Waals surface area (Å²) in [6.45, 7) is 1.90. The Labute approximate surface area is 187 Å². The number of hydrogen-bond donors (Lipinski definition) is 0. The van der Waals surface area contributed by atoms with Gasteiger partial charge >= 0.3 is 0 Å². The molecule has 2 amide bonds. The van der Waals surface area contributed by atoms with E-state index in [-0.39, 0.29) is 11.8 Å². The first-order valence-electron chi connectivity index (χ1n) is 10.7. The zero-order chi connectivity index (χ0) is 22.4. The smallest absolute Gasteiger partial charge is 0.266 e. The molecule has 3 aromatic rings. The van der Waals surface area contributed by atoms with Gasteiger partial charge in [-0.2, -0.15) is 0 Å². The van der Waals surface area contributed by atoms with Crippen molar-refractivity contribution in [3.63, 3.8) is 0 Å². The van der Waals surface area contributed by atoms with Gasteiger partial charge in [-0.1, -0.05) is 48.5 Å². The van der Waals surface area contributed by atoms with E-state index in [1.807, 2.05) is 105 Å². The van der Waals surface area contributed by atoms with E-state index in [1.165, 1.54) is 4.90 Å². The molecule has 0 spiro atoms. The molecule has 2 aliphatic rings. The molecule has 0 unspecified atom stereocenters. The van der Waals surface area contributed by atoms with Crippen LogP contribution < -0.4 is 14.9 Å². The lowest BCUT2D eigenvalue weighted by molar-refractivity contribution is -0.126. The van der Waals surface area contributed by atoms with Gasteiger partial charge in [-0.3, -0.25) is 14.4 Å². The fourth-order valence-electron chi connectivity index (χ4n) is 4.57. The van der Waals surface area contributed by atoms with E-state index in [0.29, 0.717) is 5.69 Å². The van der Waals surface area contributed by atoms with E-state index in [2.05, 4.69) is 0 Å². The molecule has 6 heteroatoms. The molecule has 0 aromatic heterocycles. The van der Waals surface area contributed by atoms with Crippen molar-refractivity contribution in [3.05, 3.63) is 90.0 Å². The van der Waals surface area contributed by atoms with Gasteiger partial charge in [-0.05, 0) is 48.4 Å². The summed E-state index contributed by atoms with van der Waals surface area (Å²) in [5.41, 5.74) is 4.30. The minimum absolute atomic E-state index is 0.227. The van der Waals surface area contributed by atoms with Crippen molar-refractivity contribution in [2.75, 3.05) is 29.0 Å². The quantitative estimate of drug-likeness (QED) is 0.587. The molecule has 3 atom stereocenters. The first-order chi connectivity index (χ1) is 15.5. The summed E-state index contributed by atoms with van der Waals surface area (Å²) < 4.78 is 0. The molecule has 0 aliphatic carbocycles. The van der Waals surface area contributed by atoms with Crippen LogP contribution in [-0.2, 0) is 14.4 Å². The monoisotopic (exact) mass is 427 g/mol. The molecule has 0 saturated carbocycles. The molecule has 2 saturated heterocycles. The van der Waals surface area contributed by atoms with E-state index < -0.39 is 18.1 Å². The lowest BCUT2D eigenvalue weighted by Gasteiger charge is -2.29. The number of anilines is 3. The maximum absolute atomic E-state index is 13.7. The number of hydrogen-bond acceptors (Lipinski definition) is 5. The summed E-state index contributed by atoms with van der Waals surface area (Å²) in [5.74, 6) is -1.18. The van der Waals surface area contributed by atoms with Crippen molar-refractivity contribution in [1.29, 1.82) is 0 Å². The highest BCUT2D eigenvalue weighted by Crippen LogP contribution is 2.48. The molecular formula is C26H25N3O3. The van der Waals surface area contributed by atoms with Gasteiger partial charge in [0.1, 0.15) is 5.92 Å². The number of imide groups is 1. The Hall–Kier alpha value is -3.64. The van der Waals surface area contributed by atoms with Crippen LogP contribution >= 0.6 is 0 Å². The molecular weight excluding hydrogens is 402 g/mol. The Balaban J connectivity index is 1.58. The summed E-state index contributed by atoms with van der Waals surface area (Å²) in [5, 5.41) is 1.73. The molecule has 5 rings (SSSR count). The molecule has 2 heterocycles. The second kappa shape index (κ2) is 7.80. The average molecular weight is 428 g/mol. The number of amides is 2. The Kier molecular flexibility index (Phi) is 4.94. The Morgan fingerprint density at radius 1 is 0.812 bits per heavy atom. The third kappa shape index (κ3) is 3.15. The topological polar surface area (TPSA) is 53.1 Å². The molecule has 32 heavy (non-hydrogen) atoms.